The number of hydrogen-bond acceptors (Lipinski definition) is 4. The van der Waals surface area contributed by atoms with E-state index in [0.29, 0.717) is 38.3 Å². The lowest BCUT2D eigenvalue weighted by Crippen LogP contribution is -2.51. The Kier molecular flexibility index (Phi) is 6.81. The number of amides is 2. The number of rotatable bonds is 6. The second-order valence-electron chi connectivity index (χ2n) is 8.38. The van der Waals surface area contributed by atoms with Crippen LogP contribution < -0.4 is 5.32 Å². The van der Waals surface area contributed by atoms with E-state index < -0.39 is 0 Å². The number of aromatic nitrogens is 1. The molecule has 1 aromatic heterocycles. The summed E-state index contributed by atoms with van der Waals surface area (Å²) in [6.07, 6.45) is 0.916. The molecule has 6 nitrogen and oxygen atoms in total. The summed E-state index contributed by atoms with van der Waals surface area (Å²) in [7, 11) is 0. The molecule has 3 aromatic rings. The van der Waals surface area contributed by atoms with Gasteiger partial charge in [-0.25, -0.2) is 4.98 Å². The van der Waals surface area contributed by atoms with E-state index in [2.05, 4.69) is 17.1 Å². The molecule has 0 bridgehead atoms. The first kappa shape index (κ1) is 22.0. The van der Waals surface area contributed by atoms with Gasteiger partial charge in [-0.05, 0) is 25.5 Å². The number of benzene rings is 2. The van der Waals surface area contributed by atoms with Gasteiger partial charge in [0.05, 0.1) is 23.3 Å². The van der Waals surface area contributed by atoms with Gasteiger partial charge in [-0.15, -0.1) is 0 Å². The van der Waals surface area contributed by atoms with Crippen molar-refractivity contribution in [1.82, 2.24) is 20.1 Å². The number of nitrogens with one attached hydrogen (secondary N) is 1. The van der Waals surface area contributed by atoms with Crippen molar-refractivity contribution >= 4 is 22.7 Å². The minimum Gasteiger partial charge on any atom is -0.353 e. The highest BCUT2D eigenvalue weighted by molar-refractivity contribution is 6.07. The Bertz CT molecular complexity index is 1090. The molecule has 1 atom stereocenters. The van der Waals surface area contributed by atoms with Crippen LogP contribution in [0.2, 0.25) is 0 Å². The number of carbonyl (C=O) groups excluding carboxylic acids is 2. The molecular weight excluding hydrogens is 400 g/mol. The number of nitrogens with zero attached hydrogens (tertiary/aromatic N) is 3. The first-order valence-corrected chi connectivity index (χ1v) is 11.3. The lowest BCUT2D eigenvalue weighted by Gasteiger charge is -2.34. The summed E-state index contributed by atoms with van der Waals surface area (Å²) < 4.78 is 0. The summed E-state index contributed by atoms with van der Waals surface area (Å²) in [6.45, 7) is 7.03. The van der Waals surface area contributed by atoms with Crippen molar-refractivity contribution < 1.29 is 9.59 Å². The van der Waals surface area contributed by atoms with Gasteiger partial charge in [0.25, 0.3) is 5.91 Å². The highest BCUT2D eigenvalue weighted by Gasteiger charge is 2.25. The molecular formula is C26H30N4O2. The molecule has 1 saturated heterocycles. The smallest absolute Gasteiger partial charge is 0.254 e. The Morgan fingerprint density at radius 2 is 1.69 bits per heavy atom. The van der Waals surface area contributed by atoms with Crippen LogP contribution in [0.25, 0.3) is 22.2 Å². The zero-order valence-electron chi connectivity index (χ0n) is 18.8. The summed E-state index contributed by atoms with van der Waals surface area (Å²) in [4.78, 5) is 34.5. The lowest BCUT2D eigenvalue weighted by atomic mass is 10.0. The topological polar surface area (TPSA) is 65.5 Å². The standard InChI is InChI=1S/C26H30N4O2/c1-3-19(2)27-25(31)18-29-13-15-30(16-14-29)26(32)22-17-24(20-9-5-4-6-10-20)28-23-12-8-7-11-21(22)23/h4-12,17,19H,3,13-16,18H2,1-2H3,(H,27,31). The quantitative estimate of drug-likeness (QED) is 0.649. The van der Waals surface area contributed by atoms with E-state index in [9.17, 15) is 9.59 Å². The Morgan fingerprint density at radius 1 is 1.00 bits per heavy atom. The van der Waals surface area contributed by atoms with Crippen molar-refractivity contribution in [2.45, 2.75) is 26.3 Å². The van der Waals surface area contributed by atoms with Crippen molar-refractivity contribution in [3.05, 3.63) is 66.2 Å². The average molecular weight is 431 g/mol. The monoisotopic (exact) mass is 430 g/mol. The summed E-state index contributed by atoms with van der Waals surface area (Å²) in [5.41, 5.74) is 3.28. The molecule has 4 rings (SSSR count). The minimum absolute atomic E-state index is 0.0180. The fraction of sp³-hybridized carbons (Fsp3) is 0.346. The van der Waals surface area contributed by atoms with Gasteiger partial charge >= 0.3 is 0 Å². The summed E-state index contributed by atoms with van der Waals surface area (Å²) in [5, 5.41) is 3.88. The second kappa shape index (κ2) is 9.92. The second-order valence-corrected chi connectivity index (χ2v) is 8.38. The molecule has 1 fully saturated rings. The van der Waals surface area contributed by atoms with Crippen LogP contribution in [0.15, 0.2) is 60.7 Å². The predicted molar refractivity (Wildman–Crippen MR) is 127 cm³/mol. The fourth-order valence-corrected chi connectivity index (χ4v) is 4.01. The van der Waals surface area contributed by atoms with Crippen LogP contribution in [0.4, 0.5) is 0 Å². The molecule has 1 unspecified atom stereocenters. The van der Waals surface area contributed by atoms with Gasteiger partial charge in [0, 0.05) is 43.2 Å². The number of hydrogen-bond donors (Lipinski definition) is 1. The largest absolute Gasteiger partial charge is 0.353 e. The molecule has 1 aliphatic rings. The normalized spacial score (nSPS) is 15.5. The van der Waals surface area contributed by atoms with Crippen molar-refractivity contribution in [1.29, 1.82) is 0 Å². The van der Waals surface area contributed by atoms with Gasteiger partial charge in [-0.3, -0.25) is 14.5 Å². The minimum atomic E-state index is 0.0180. The van der Waals surface area contributed by atoms with Crippen LogP contribution in [0, 0.1) is 0 Å². The van der Waals surface area contributed by atoms with Gasteiger partial charge in [0.2, 0.25) is 5.91 Å². The molecule has 2 amide bonds. The molecule has 1 aliphatic heterocycles. The molecule has 0 aliphatic carbocycles. The lowest BCUT2D eigenvalue weighted by molar-refractivity contribution is -0.123. The molecule has 166 valence electrons. The van der Waals surface area contributed by atoms with E-state index in [1.54, 1.807) is 0 Å². The van der Waals surface area contributed by atoms with Crippen molar-refractivity contribution in [3.63, 3.8) is 0 Å². The number of pyridine rings is 1. The molecule has 6 heteroatoms. The van der Waals surface area contributed by atoms with E-state index in [0.717, 1.165) is 28.6 Å². The van der Waals surface area contributed by atoms with Crippen LogP contribution in [-0.2, 0) is 4.79 Å². The van der Waals surface area contributed by atoms with Crippen molar-refractivity contribution in [3.8, 4) is 11.3 Å². The zero-order chi connectivity index (χ0) is 22.5. The molecule has 32 heavy (non-hydrogen) atoms. The molecule has 0 radical (unpaired) electrons. The van der Waals surface area contributed by atoms with Gasteiger partial charge in [0.15, 0.2) is 0 Å². The fourth-order valence-electron chi connectivity index (χ4n) is 4.01. The van der Waals surface area contributed by atoms with Gasteiger partial charge < -0.3 is 10.2 Å². The summed E-state index contributed by atoms with van der Waals surface area (Å²) in [6, 6.07) is 19.8. The number of para-hydroxylation sites is 1. The maximum absolute atomic E-state index is 13.5. The van der Waals surface area contributed by atoms with Crippen molar-refractivity contribution in [2.24, 2.45) is 0 Å². The van der Waals surface area contributed by atoms with Crippen LogP contribution >= 0.6 is 0 Å². The summed E-state index contributed by atoms with van der Waals surface area (Å²) >= 11 is 0. The zero-order valence-corrected chi connectivity index (χ0v) is 18.8. The third kappa shape index (κ3) is 4.97. The molecule has 2 heterocycles. The van der Waals surface area contributed by atoms with Crippen LogP contribution in [0.5, 0.6) is 0 Å². The molecule has 0 saturated carbocycles. The first-order chi connectivity index (χ1) is 15.5. The predicted octanol–water partition coefficient (Wildman–Crippen LogP) is 3.57. The molecule has 2 aromatic carbocycles. The third-order valence-corrected chi connectivity index (χ3v) is 6.06. The van der Waals surface area contributed by atoms with E-state index >= 15 is 0 Å². The maximum atomic E-state index is 13.5. The highest BCUT2D eigenvalue weighted by atomic mass is 16.2. The van der Waals surface area contributed by atoms with E-state index in [1.165, 1.54) is 0 Å². The van der Waals surface area contributed by atoms with Crippen LogP contribution in [0.3, 0.4) is 0 Å². The van der Waals surface area contributed by atoms with Gasteiger partial charge in [-0.1, -0.05) is 55.5 Å². The van der Waals surface area contributed by atoms with E-state index in [4.69, 9.17) is 4.98 Å². The Hall–Kier alpha value is -3.25. The Labute approximate surface area is 189 Å². The highest BCUT2D eigenvalue weighted by Crippen LogP contribution is 2.26. The van der Waals surface area contributed by atoms with Gasteiger partial charge in [-0.2, -0.15) is 0 Å². The van der Waals surface area contributed by atoms with Crippen LogP contribution in [-0.4, -0.2) is 65.4 Å². The average Bonchev–Trinajstić information content (AvgIpc) is 2.83. The first-order valence-electron chi connectivity index (χ1n) is 11.3. The van der Waals surface area contributed by atoms with Crippen molar-refractivity contribution in [2.75, 3.05) is 32.7 Å². The third-order valence-electron chi connectivity index (χ3n) is 6.06. The Balaban J connectivity index is 1.50. The van der Waals surface area contributed by atoms with E-state index in [1.807, 2.05) is 72.5 Å². The van der Waals surface area contributed by atoms with Gasteiger partial charge in [0.1, 0.15) is 0 Å². The summed E-state index contributed by atoms with van der Waals surface area (Å²) in [5.74, 6) is 0.0660. The number of piperazine rings is 1. The SMILES string of the molecule is CCC(C)NC(=O)CN1CCN(C(=O)c2cc(-c3ccccc3)nc3ccccc23)CC1. The Morgan fingerprint density at radius 3 is 2.41 bits per heavy atom. The van der Waals surface area contributed by atoms with E-state index in [-0.39, 0.29) is 17.9 Å². The number of fused-ring (bicyclic) bond motifs is 1. The molecule has 0 spiro atoms. The maximum Gasteiger partial charge on any atom is 0.254 e. The number of carbonyl (C=O) groups is 2. The van der Waals surface area contributed by atoms with Crippen LogP contribution in [0.1, 0.15) is 30.6 Å². The molecule has 1 N–H and O–H groups in total.